The lowest BCUT2D eigenvalue weighted by Gasteiger charge is -1.96. The summed E-state index contributed by atoms with van der Waals surface area (Å²) in [7, 11) is 0. The zero-order chi connectivity index (χ0) is 9.26. The van der Waals surface area contributed by atoms with E-state index in [1.54, 1.807) is 11.3 Å². The van der Waals surface area contributed by atoms with Gasteiger partial charge in [-0.05, 0) is 12.8 Å². The molecule has 1 heterocycles. The van der Waals surface area contributed by atoms with Crippen LogP contribution in [-0.4, -0.2) is 16.9 Å². The van der Waals surface area contributed by atoms with E-state index < -0.39 is 0 Å². The van der Waals surface area contributed by atoms with Crippen LogP contribution in [0, 0.1) is 5.41 Å². The van der Waals surface area contributed by atoms with E-state index in [2.05, 4.69) is 10.3 Å². The van der Waals surface area contributed by atoms with Gasteiger partial charge < -0.3 is 11.1 Å². The number of thiazole rings is 1. The first-order valence-electron chi connectivity index (χ1n) is 4.28. The van der Waals surface area contributed by atoms with E-state index in [0.29, 0.717) is 12.5 Å². The molecule has 4 nitrogen and oxygen atoms in total. The van der Waals surface area contributed by atoms with E-state index >= 15 is 0 Å². The van der Waals surface area contributed by atoms with Gasteiger partial charge in [-0.3, -0.25) is 5.41 Å². The van der Waals surface area contributed by atoms with Crippen LogP contribution in [0.5, 0.6) is 0 Å². The molecule has 13 heavy (non-hydrogen) atoms. The number of aromatic nitrogens is 1. The Balaban J connectivity index is 1.95. The van der Waals surface area contributed by atoms with E-state index in [1.807, 2.05) is 5.38 Å². The molecule has 0 aromatic carbocycles. The molecule has 70 valence electrons. The fourth-order valence-electron chi connectivity index (χ4n) is 1.05. The van der Waals surface area contributed by atoms with Gasteiger partial charge in [0.25, 0.3) is 0 Å². The van der Waals surface area contributed by atoms with Crippen LogP contribution in [0.3, 0.4) is 0 Å². The van der Waals surface area contributed by atoms with E-state index in [-0.39, 0.29) is 5.84 Å². The van der Waals surface area contributed by atoms with E-state index in [1.165, 1.54) is 12.8 Å². The number of anilines is 1. The zero-order valence-electron chi connectivity index (χ0n) is 7.21. The average Bonchev–Trinajstić information content (AvgIpc) is 2.73. The van der Waals surface area contributed by atoms with Crippen molar-refractivity contribution in [2.24, 2.45) is 5.73 Å². The van der Waals surface area contributed by atoms with Crippen molar-refractivity contribution >= 4 is 22.3 Å². The topological polar surface area (TPSA) is 74.8 Å². The fourth-order valence-corrected chi connectivity index (χ4v) is 1.84. The van der Waals surface area contributed by atoms with E-state index in [0.717, 1.165) is 10.8 Å². The second-order valence-electron chi connectivity index (χ2n) is 3.26. The first-order chi connectivity index (χ1) is 6.24. The monoisotopic (exact) mass is 196 g/mol. The van der Waals surface area contributed by atoms with Crippen molar-refractivity contribution in [2.45, 2.75) is 25.3 Å². The Kier molecular flexibility index (Phi) is 2.18. The molecule has 0 atom stereocenters. The van der Waals surface area contributed by atoms with Gasteiger partial charge in [-0.25, -0.2) is 4.98 Å². The smallest absolute Gasteiger partial charge is 0.183 e. The Labute approximate surface area is 80.7 Å². The molecule has 0 unspecified atom stereocenters. The lowest BCUT2D eigenvalue weighted by molar-refractivity contribution is 1.10. The predicted molar refractivity (Wildman–Crippen MR) is 54.4 cm³/mol. The fraction of sp³-hybridized carbons (Fsp3) is 0.500. The van der Waals surface area contributed by atoms with Crippen molar-refractivity contribution in [1.29, 1.82) is 5.41 Å². The van der Waals surface area contributed by atoms with Crippen molar-refractivity contribution < 1.29 is 0 Å². The Morgan fingerprint density at radius 1 is 1.77 bits per heavy atom. The van der Waals surface area contributed by atoms with Crippen LogP contribution >= 0.6 is 11.3 Å². The second kappa shape index (κ2) is 3.33. The molecule has 5 heteroatoms. The van der Waals surface area contributed by atoms with Gasteiger partial charge in [0.2, 0.25) is 0 Å². The van der Waals surface area contributed by atoms with Crippen LogP contribution in [0.1, 0.15) is 18.5 Å². The van der Waals surface area contributed by atoms with Gasteiger partial charge in [-0.15, -0.1) is 11.3 Å². The van der Waals surface area contributed by atoms with Crippen molar-refractivity contribution in [1.82, 2.24) is 4.98 Å². The van der Waals surface area contributed by atoms with Gasteiger partial charge >= 0.3 is 0 Å². The summed E-state index contributed by atoms with van der Waals surface area (Å²) in [5.41, 5.74) is 6.16. The minimum atomic E-state index is 0.170. The maximum Gasteiger partial charge on any atom is 0.183 e. The van der Waals surface area contributed by atoms with Crippen LogP contribution in [0.2, 0.25) is 0 Å². The van der Waals surface area contributed by atoms with Crippen molar-refractivity contribution in [2.75, 3.05) is 5.32 Å². The summed E-state index contributed by atoms with van der Waals surface area (Å²) in [6, 6.07) is 0.635. The molecule has 0 radical (unpaired) electrons. The lowest BCUT2D eigenvalue weighted by Crippen LogP contribution is -2.12. The summed E-state index contributed by atoms with van der Waals surface area (Å²) in [6.07, 6.45) is 2.96. The summed E-state index contributed by atoms with van der Waals surface area (Å²) in [5, 5.41) is 13.3. The second-order valence-corrected chi connectivity index (χ2v) is 4.12. The molecule has 0 spiro atoms. The number of nitrogens with two attached hydrogens (primary N) is 1. The normalized spacial score (nSPS) is 15.7. The summed E-state index contributed by atoms with van der Waals surface area (Å²) >= 11 is 1.59. The molecule has 0 bridgehead atoms. The predicted octanol–water partition coefficient (Wildman–Crippen LogP) is 1.20. The van der Waals surface area contributed by atoms with E-state index in [4.69, 9.17) is 11.1 Å². The van der Waals surface area contributed by atoms with Gasteiger partial charge in [0.15, 0.2) is 5.13 Å². The number of hydrogen-bond donors (Lipinski definition) is 3. The molecule has 2 rings (SSSR count). The SMILES string of the molecule is N=C(N)Cc1csc(NC2CC2)n1. The largest absolute Gasteiger partial charge is 0.387 e. The van der Waals surface area contributed by atoms with Crippen molar-refractivity contribution in [3.63, 3.8) is 0 Å². The molecule has 1 saturated carbocycles. The number of rotatable bonds is 4. The van der Waals surface area contributed by atoms with Crippen LogP contribution in [0.25, 0.3) is 0 Å². The average molecular weight is 196 g/mol. The minimum absolute atomic E-state index is 0.170. The molecular formula is C8H12N4S. The minimum Gasteiger partial charge on any atom is -0.387 e. The quantitative estimate of drug-likeness (QED) is 0.500. The first-order valence-corrected chi connectivity index (χ1v) is 5.16. The van der Waals surface area contributed by atoms with Gasteiger partial charge in [-0.1, -0.05) is 0 Å². The summed E-state index contributed by atoms with van der Waals surface area (Å²) in [4.78, 5) is 4.32. The zero-order valence-corrected chi connectivity index (χ0v) is 8.03. The Hall–Kier alpha value is -1.10. The molecule has 0 saturated heterocycles. The third kappa shape index (κ3) is 2.42. The summed E-state index contributed by atoms with van der Waals surface area (Å²) in [6.45, 7) is 0. The number of hydrogen-bond acceptors (Lipinski definition) is 4. The van der Waals surface area contributed by atoms with Crippen LogP contribution in [-0.2, 0) is 6.42 Å². The third-order valence-corrected chi connectivity index (χ3v) is 2.65. The number of nitrogens with one attached hydrogen (secondary N) is 2. The van der Waals surface area contributed by atoms with Crippen LogP contribution < -0.4 is 11.1 Å². The molecule has 0 amide bonds. The molecule has 0 aliphatic heterocycles. The Bertz CT molecular complexity index is 316. The highest BCUT2D eigenvalue weighted by Gasteiger charge is 2.21. The highest BCUT2D eigenvalue weighted by atomic mass is 32.1. The van der Waals surface area contributed by atoms with Crippen molar-refractivity contribution in [3.05, 3.63) is 11.1 Å². The lowest BCUT2D eigenvalue weighted by atomic mass is 10.3. The number of nitrogens with zero attached hydrogens (tertiary/aromatic N) is 1. The number of amidine groups is 1. The van der Waals surface area contributed by atoms with Gasteiger partial charge in [0, 0.05) is 17.8 Å². The molecular weight excluding hydrogens is 184 g/mol. The molecule has 1 aromatic heterocycles. The summed E-state index contributed by atoms with van der Waals surface area (Å²) in [5.74, 6) is 0.170. The first kappa shape index (κ1) is 8.50. The van der Waals surface area contributed by atoms with Crippen LogP contribution in [0.4, 0.5) is 5.13 Å². The van der Waals surface area contributed by atoms with Crippen molar-refractivity contribution in [3.8, 4) is 0 Å². The highest BCUT2D eigenvalue weighted by Crippen LogP contribution is 2.26. The maximum absolute atomic E-state index is 7.12. The van der Waals surface area contributed by atoms with Gasteiger partial charge in [0.1, 0.15) is 0 Å². The molecule has 1 aliphatic carbocycles. The van der Waals surface area contributed by atoms with Crippen LogP contribution in [0.15, 0.2) is 5.38 Å². The van der Waals surface area contributed by atoms with Gasteiger partial charge in [0.05, 0.1) is 11.5 Å². The molecule has 4 N–H and O–H groups in total. The Morgan fingerprint density at radius 3 is 3.15 bits per heavy atom. The molecule has 1 aliphatic rings. The van der Waals surface area contributed by atoms with E-state index in [9.17, 15) is 0 Å². The molecule has 1 aromatic rings. The van der Waals surface area contributed by atoms with Gasteiger partial charge in [-0.2, -0.15) is 0 Å². The third-order valence-electron chi connectivity index (χ3n) is 1.83. The molecule has 1 fully saturated rings. The Morgan fingerprint density at radius 2 is 2.54 bits per heavy atom. The highest BCUT2D eigenvalue weighted by molar-refractivity contribution is 7.13. The maximum atomic E-state index is 7.12. The standard InChI is InChI=1S/C8H12N4S/c9-7(10)3-6-4-13-8(12-6)11-5-1-2-5/h4-5H,1-3H2,(H3,9,10)(H,11,12). The summed E-state index contributed by atoms with van der Waals surface area (Å²) < 4.78 is 0.